The quantitative estimate of drug-likeness (QED) is 0.550. The summed E-state index contributed by atoms with van der Waals surface area (Å²) in [6.07, 6.45) is 5.71. The summed E-state index contributed by atoms with van der Waals surface area (Å²) in [4.78, 5) is 18.5. The lowest BCUT2D eigenvalue weighted by Gasteiger charge is -2.22. The number of aromatic amines is 1. The van der Waals surface area contributed by atoms with Gasteiger partial charge in [0.15, 0.2) is 5.76 Å². The average molecular weight is 390 g/mol. The van der Waals surface area contributed by atoms with E-state index in [1.807, 2.05) is 30.5 Å². The molecule has 0 fully saturated rings. The zero-order valence-corrected chi connectivity index (χ0v) is 16.9. The number of carbonyl (C=O) groups excluding carboxylic acids is 1. The molecule has 2 aromatic carbocycles. The molecule has 4 rings (SSSR count). The number of ether oxygens (including phenoxy) is 1. The summed E-state index contributed by atoms with van der Waals surface area (Å²) in [6.45, 7) is 6.70. The average Bonchev–Trinajstić information content (AvgIpc) is 3.26. The number of hydrogen-bond donors (Lipinski definition) is 2. The number of nitrogens with one attached hydrogen (secondary N) is 1. The smallest absolute Gasteiger partial charge is 0.231 e. The molecule has 0 aliphatic carbocycles. The van der Waals surface area contributed by atoms with Crippen LogP contribution in [-0.4, -0.2) is 33.9 Å². The Morgan fingerprint density at radius 3 is 2.62 bits per heavy atom. The van der Waals surface area contributed by atoms with Gasteiger partial charge in [0.2, 0.25) is 5.78 Å². The molecule has 150 valence electrons. The molecule has 0 saturated carbocycles. The minimum Gasteiger partial charge on any atom is -0.507 e. The van der Waals surface area contributed by atoms with Crippen LogP contribution in [0.1, 0.15) is 48.2 Å². The van der Waals surface area contributed by atoms with Crippen molar-refractivity contribution in [2.45, 2.75) is 33.2 Å². The number of para-hydroxylation sites is 1. The zero-order chi connectivity index (χ0) is 20.4. The van der Waals surface area contributed by atoms with E-state index in [2.05, 4.69) is 23.7 Å². The molecular weight excluding hydrogens is 364 g/mol. The Bertz CT molecular complexity index is 1070. The van der Waals surface area contributed by atoms with Crippen LogP contribution in [0.15, 0.2) is 48.4 Å². The van der Waals surface area contributed by atoms with Crippen molar-refractivity contribution < 1.29 is 14.6 Å². The number of fused-ring (bicyclic) bond motifs is 2. The number of rotatable bonds is 7. The minimum atomic E-state index is -0.149. The summed E-state index contributed by atoms with van der Waals surface area (Å²) in [7, 11) is 0. The van der Waals surface area contributed by atoms with Crippen molar-refractivity contribution in [3.05, 3.63) is 65.0 Å². The first-order valence-corrected chi connectivity index (χ1v) is 10.2. The fraction of sp³-hybridized carbons (Fsp3) is 0.292. The van der Waals surface area contributed by atoms with Gasteiger partial charge in [-0.25, -0.2) is 0 Å². The Morgan fingerprint density at radius 1 is 1.10 bits per heavy atom. The molecule has 0 bridgehead atoms. The molecule has 0 atom stereocenters. The van der Waals surface area contributed by atoms with Crippen molar-refractivity contribution in [3.8, 4) is 11.5 Å². The number of H-pyrrole nitrogens is 1. The predicted molar refractivity (Wildman–Crippen MR) is 115 cm³/mol. The van der Waals surface area contributed by atoms with Crippen LogP contribution in [0, 0.1) is 0 Å². The van der Waals surface area contributed by atoms with Gasteiger partial charge in [0, 0.05) is 29.2 Å². The second-order valence-electron chi connectivity index (χ2n) is 7.45. The number of phenols is 1. The number of carbonyl (C=O) groups is 1. The molecule has 0 radical (unpaired) electrons. The molecule has 5 heteroatoms. The number of benzene rings is 2. The van der Waals surface area contributed by atoms with Crippen molar-refractivity contribution in [3.63, 3.8) is 0 Å². The summed E-state index contributed by atoms with van der Waals surface area (Å²) in [5.41, 5.74) is 3.11. The van der Waals surface area contributed by atoms with Crippen LogP contribution in [0.25, 0.3) is 17.0 Å². The number of phenolic OH excluding ortho intramolecular Hbond substituents is 1. The highest BCUT2D eigenvalue weighted by molar-refractivity contribution is 6.15. The number of hydrogen-bond acceptors (Lipinski definition) is 4. The summed E-state index contributed by atoms with van der Waals surface area (Å²) >= 11 is 0. The third-order valence-corrected chi connectivity index (χ3v) is 5.29. The Morgan fingerprint density at radius 2 is 1.86 bits per heavy atom. The molecule has 0 unspecified atom stereocenters. The lowest BCUT2D eigenvalue weighted by molar-refractivity contribution is 0.101. The van der Waals surface area contributed by atoms with Gasteiger partial charge in [-0.1, -0.05) is 32.0 Å². The van der Waals surface area contributed by atoms with Crippen LogP contribution in [-0.2, 0) is 6.54 Å². The Hall–Kier alpha value is -3.05. The standard InChI is InChI=1S/C24H26N2O3/c1-3-11-26(12-4-2)15-19-21(27)10-9-18-23(28)22(29-24(18)19)13-16-14-25-20-8-6-5-7-17(16)20/h5-10,13-14,25,27H,3-4,11-12,15H2,1-2H3. The third kappa shape index (κ3) is 3.66. The summed E-state index contributed by atoms with van der Waals surface area (Å²) in [5.74, 6) is 0.790. The van der Waals surface area contributed by atoms with Crippen molar-refractivity contribution in [2.75, 3.05) is 13.1 Å². The second-order valence-corrected chi connectivity index (χ2v) is 7.45. The first kappa shape index (κ1) is 19.3. The topological polar surface area (TPSA) is 65.6 Å². The van der Waals surface area contributed by atoms with Gasteiger partial charge in [-0.2, -0.15) is 0 Å². The number of nitrogens with zero attached hydrogens (tertiary/aromatic N) is 1. The molecule has 0 amide bonds. The van der Waals surface area contributed by atoms with E-state index >= 15 is 0 Å². The fourth-order valence-corrected chi connectivity index (χ4v) is 3.93. The molecular formula is C24H26N2O3. The molecule has 3 aromatic rings. The van der Waals surface area contributed by atoms with Gasteiger partial charge < -0.3 is 14.8 Å². The van der Waals surface area contributed by atoms with Gasteiger partial charge in [-0.05, 0) is 50.2 Å². The SMILES string of the molecule is CCCN(CCC)Cc1c(O)ccc2c1OC(=Cc1c[nH]c3ccccc13)C2=O. The lowest BCUT2D eigenvalue weighted by atomic mass is 10.0. The second kappa shape index (κ2) is 8.13. The molecule has 1 aliphatic rings. The minimum absolute atomic E-state index is 0.149. The van der Waals surface area contributed by atoms with Gasteiger partial charge in [0.25, 0.3) is 0 Å². The maximum absolute atomic E-state index is 13.0. The largest absolute Gasteiger partial charge is 0.507 e. The highest BCUT2D eigenvalue weighted by Crippen LogP contribution is 2.40. The van der Waals surface area contributed by atoms with Crippen LogP contribution >= 0.6 is 0 Å². The van der Waals surface area contributed by atoms with E-state index in [-0.39, 0.29) is 17.3 Å². The van der Waals surface area contributed by atoms with E-state index in [0.717, 1.165) is 42.4 Å². The van der Waals surface area contributed by atoms with E-state index in [0.29, 0.717) is 23.4 Å². The maximum atomic E-state index is 13.0. The fourth-order valence-electron chi connectivity index (χ4n) is 3.93. The van der Waals surface area contributed by atoms with Crippen molar-refractivity contribution in [2.24, 2.45) is 0 Å². The van der Waals surface area contributed by atoms with Crippen molar-refractivity contribution >= 4 is 22.8 Å². The number of Topliss-reactive ketones (excluding diaryl/α,β-unsaturated/α-hetero) is 1. The Labute approximate surface area is 170 Å². The molecule has 2 N–H and O–H groups in total. The van der Waals surface area contributed by atoms with E-state index in [1.54, 1.807) is 18.2 Å². The predicted octanol–water partition coefficient (Wildman–Crippen LogP) is 5.11. The highest BCUT2D eigenvalue weighted by Gasteiger charge is 2.31. The molecule has 29 heavy (non-hydrogen) atoms. The molecule has 0 spiro atoms. The summed E-state index contributed by atoms with van der Waals surface area (Å²) in [6, 6.07) is 11.2. The van der Waals surface area contributed by atoms with E-state index < -0.39 is 0 Å². The molecule has 1 aromatic heterocycles. The molecule has 0 saturated heterocycles. The summed E-state index contributed by atoms with van der Waals surface area (Å²) in [5, 5.41) is 11.5. The van der Waals surface area contributed by atoms with Crippen LogP contribution in [0.2, 0.25) is 0 Å². The van der Waals surface area contributed by atoms with Crippen LogP contribution in [0.4, 0.5) is 0 Å². The monoisotopic (exact) mass is 390 g/mol. The van der Waals surface area contributed by atoms with E-state index in [4.69, 9.17) is 4.74 Å². The number of aromatic hydroxyl groups is 1. The number of aromatic nitrogens is 1. The molecule has 5 nitrogen and oxygen atoms in total. The highest BCUT2D eigenvalue weighted by atomic mass is 16.5. The van der Waals surface area contributed by atoms with Crippen molar-refractivity contribution in [1.29, 1.82) is 0 Å². The molecule has 2 heterocycles. The molecule has 1 aliphatic heterocycles. The van der Waals surface area contributed by atoms with Crippen LogP contribution in [0.3, 0.4) is 0 Å². The van der Waals surface area contributed by atoms with Gasteiger partial charge in [0.05, 0.1) is 11.1 Å². The van der Waals surface area contributed by atoms with E-state index in [1.165, 1.54) is 0 Å². The Balaban J connectivity index is 1.69. The maximum Gasteiger partial charge on any atom is 0.231 e. The van der Waals surface area contributed by atoms with Crippen molar-refractivity contribution in [1.82, 2.24) is 9.88 Å². The zero-order valence-electron chi connectivity index (χ0n) is 16.9. The first-order valence-electron chi connectivity index (χ1n) is 10.2. The Kier molecular flexibility index (Phi) is 5.41. The van der Waals surface area contributed by atoms with Gasteiger partial charge in [-0.15, -0.1) is 0 Å². The third-order valence-electron chi connectivity index (χ3n) is 5.29. The van der Waals surface area contributed by atoms with Gasteiger partial charge in [0.1, 0.15) is 11.5 Å². The van der Waals surface area contributed by atoms with Crippen LogP contribution in [0.5, 0.6) is 11.5 Å². The van der Waals surface area contributed by atoms with Crippen LogP contribution < -0.4 is 4.74 Å². The number of allylic oxidation sites excluding steroid dienone is 1. The summed E-state index contributed by atoms with van der Waals surface area (Å²) < 4.78 is 6.02. The first-order chi connectivity index (χ1) is 14.1. The van der Waals surface area contributed by atoms with E-state index in [9.17, 15) is 9.90 Å². The van der Waals surface area contributed by atoms with Gasteiger partial charge >= 0.3 is 0 Å². The van der Waals surface area contributed by atoms with Gasteiger partial charge in [-0.3, -0.25) is 9.69 Å². The lowest BCUT2D eigenvalue weighted by Crippen LogP contribution is -2.25. The normalized spacial score (nSPS) is 14.7. The number of ketones is 1.